The van der Waals surface area contributed by atoms with Crippen LogP contribution in [0.1, 0.15) is 12.8 Å². The van der Waals surface area contributed by atoms with Gasteiger partial charge in [0.25, 0.3) is 10.0 Å². The van der Waals surface area contributed by atoms with Crippen LogP contribution < -0.4 is 4.74 Å². The van der Waals surface area contributed by atoms with Gasteiger partial charge >= 0.3 is 5.97 Å². The summed E-state index contributed by atoms with van der Waals surface area (Å²) in [6, 6.07) is 8.09. The van der Waals surface area contributed by atoms with Crippen molar-refractivity contribution in [3.63, 3.8) is 0 Å². The summed E-state index contributed by atoms with van der Waals surface area (Å²) in [4.78, 5) is 11.9. The minimum absolute atomic E-state index is 0.110. The largest absolute Gasteiger partial charge is 0.425 e. The lowest BCUT2D eigenvalue weighted by molar-refractivity contribution is -0.134. The van der Waals surface area contributed by atoms with Crippen molar-refractivity contribution in [3.05, 3.63) is 45.2 Å². The molecule has 24 heavy (non-hydrogen) atoms. The van der Waals surface area contributed by atoms with E-state index in [0.717, 1.165) is 0 Å². The quantitative estimate of drug-likeness (QED) is 0.467. The minimum atomic E-state index is -3.49. The van der Waals surface area contributed by atoms with Gasteiger partial charge in [-0.3, -0.25) is 4.79 Å². The molecule has 0 N–H and O–H groups in total. The van der Waals surface area contributed by atoms with Crippen molar-refractivity contribution in [2.75, 3.05) is 13.6 Å². The van der Waals surface area contributed by atoms with Gasteiger partial charge in [0.05, 0.1) is 4.47 Å². The first-order valence-electron chi connectivity index (χ1n) is 6.96. The van der Waals surface area contributed by atoms with E-state index < -0.39 is 16.0 Å². The van der Waals surface area contributed by atoms with Crippen LogP contribution >= 0.6 is 38.9 Å². The number of sulfonamides is 1. The lowest BCUT2D eigenvalue weighted by Crippen LogP contribution is -2.28. The van der Waals surface area contributed by atoms with Crippen molar-refractivity contribution in [2.24, 2.45) is 0 Å². The predicted octanol–water partition coefficient (Wildman–Crippen LogP) is 4.17. The SMILES string of the molecule is CN(CCCC(=O)Oc1ccc(Cl)cc1Br)S(=O)(=O)c1cccs1. The van der Waals surface area contributed by atoms with Gasteiger partial charge in [-0.2, -0.15) is 0 Å². The average Bonchev–Trinajstić information content (AvgIpc) is 3.05. The number of carbonyl (C=O) groups excluding carboxylic acids is 1. The van der Waals surface area contributed by atoms with Gasteiger partial charge in [-0.1, -0.05) is 17.7 Å². The van der Waals surface area contributed by atoms with Gasteiger partial charge in [-0.05, 0) is 52.0 Å². The third kappa shape index (κ3) is 5.03. The Morgan fingerprint density at radius 3 is 2.75 bits per heavy atom. The van der Waals surface area contributed by atoms with Crippen molar-refractivity contribution < 1.29 is 17.9 Å². The van der Waals surface area contributed by atoms with Crippen molar-refractivity contribution in [3.8, 4) is 5.75 Å². The molecular formula is C15H15BrClNO4S2. The highest BCUT2D eigenvalue weighted by molar-refractivity contribution is 9.10. The van der Waals surface area contributed by atoms with E-state index in [0.29, 0.717) is 21.7 Å². The molecule has 0 amide bonds. The van der Waals surface area contributed by atoms with Gasteiger partial charge in [0, 0.05) is 25.0 Å². The van der Waals surface area contributed by atoms with E-state index in [1.807, 2.05) is 0 Å². The zero-order valence-electron chi connectivity index (χ0n) is 12.7. The first-order chi connectivity index (χ1) is 11.3. The second-order valence-electron chi connectivity index (χ2n) is 4.91. The molecule has 0 aliphatic rings. The number of thiophene rings is 1. The number of benzene rings is 1. The van der Waals surface area contributed by atoms with Crippen molar-refractivity contribution in [1.82, 2.24) is 4.31 Å². The maximum absolute atomic E-state index is 12.2. The summed E-state index contributed by atoms with van der Waals surface area (Å²) in [5, 5.41) is 2.24. The van der Waals surface area contributed by atoms with Crippen LogP contribution in [0.3, 0.4) is 0 Å². The van der Waals surface area contributed by atoms with Crippen molar-refractivity contribution in [1.29, 1.82) is 0 Å². The molecule has 0 bridgehead atoms. The Hall–Kier alpha value is -0.930. The zero-order chi connectivity index (χ0) is 17.7. The summed E-state index contributed by atoms with van der Waals surface area (Å²) >= 11 is 10.3. The van der Waals surface area contributed by atoms with Crippen LogP contribution in [0.5, 0.6) is 5.75 Å². The summed E-state index contributed by atoms with van der Waals surface area (Å²) in [7, 11) is -1.99. The highest BCUT2D eigenvalue weighted by Gasteiger charge is 2.21. The highest BCUT2D eigenvalue weighted by Crippen LogP contribution is 2.28. The number of hydrogen-bond donors (Lipinski definition) is 0. The maximum Gasteiger partial charge on any atom is 0.311 e. The van der Waals surface area contributed by atoms with E-state index in [9.17, 15) is 13.2 Å². The molecule has 9 heteroatoms. The molecule has 0 aliphatic heterocycles. The molecule has 0 saturated heterocycles. The molecule has 1 aromatic heterocycles. The highest BCUT2D eigenvalue weighted by atomic mass is 79.9. The lowest BCUT2D eigenvalue weighted by Gasteiger charge is -2.15. The van der Waals surface area contributed by atoms with E-state index in [1.54, 1.807) is 35.7 Å². The predicted molar refractivity (Wildman–Crippen MR) is 98.2 cm³/mol. The van der Waals surface area contributed by atoms with E-state index >= 15 is 0 Å². The van der Waals surface area contributed by atoms with Gasteiger partial charge in [-0.15, -0.1) is 11.3 Å². The van der Waals surface area contributed by atoms with Gasteiger partial charge < -0.3 is 4.74 Å². The Kier molecular flexibility index (Phi) is 6.82. The Morgan fingerprint density at radius 1 is 1.38 bits per heavy atom. The molecule has 0 unspecified atom stereocenters. The Balaban J connectivity index is 1.84. The van der Waals surface area contributed by atoms with Crippen molar-refractivity contribution in [2.45, 2.75) is 17.1 Å². The van der Waals surface area contributed by atoms with E-state index in [1.165, 1.54) is 22.7 Å². The van der Waals surface area contributed by atoms with Crippen LogP contribution in [-0.2, 0) is 14.8 Å². The number of esters is 1. The van der Waals surface area contributed by atoms with E-state index in [4.69, 9.17) is 16.3 Å². The molecule has 0 fully saturated rings. The molecular weight excluding hydrogens is 438 g/mol. The Bertz CT molecular complexity index is 809. The monoisotopic (exact) mass is 451 g/mol. The molecule has 0 aliphatic carbocycles. The molecule has 0 radical (unpaired) electrons. The summed E-state index contributed by atoms with van der Waals surface area (Å²) < 4.78 is 31.8. The second kappa shape index (κ2) is 8.44. The summed E-state index contributed by atoms with van der Waals surface area (Å²) in [6.07, 6.45) is 0.477. The molecule has 2 aromatic rings. The van der Waals surface area contributed by atoms with Crippen LogP contribution in [0.4, 0.5) is 0 Å². The van der Waals surface area contributed by atoms with Crippen LogP contribution in [0.15, 0.2) is 44.4 Å². The number of rotatable bonds is 7. The van der Waals surface area contributed by atoms with Gasteiger partial charge in [0.2, 0.25) is 0 Å². The first kappa shape index (κ1) is 19.4. The van der Waals surface area contributed by atoms with Gasteiger partial charge in [-0.25, -0.2) is 12.7 Å². The Labute approximate surface area is 158 Å². The lowest BCUT2D eigenvalue weighted by atomic mass is 10.3. The number of halogens is 2. The maximum atomic E-state index is 12.2. The molecule has 2 rings (SSSR count). The van der Waals surface area contributed by atoms with Crippen LogP contribution in [0.25, 0.3) is 0 Å². The number of nitrogens with zero attached hydrogens (tertiary/aromatic N) is 1. The van der Waals surface area contributed by atoms with E-state index in [-0.39, 0.29) is 17.2 Å². The van der Waals surface area contributed by atoms with Crippen LogP contribution in [-0.4, -0.2) is 32.3 Å². The fourth-order valence-corrected chi connectivity index (χ4v) is 5.04. The molecule has 1 aromatic carbocycles. The zero-order valence-corrected chi connectivity index (χ0v) is 16.7. The average molecular weight is 453 g/mol. The van der Waals surface area contributed by atoms with Gasteiger partial charge in [0.1, 0.15) is 9.96 Å². The third-order valence-electron chi connectivity index (χ3n) is 3.13. The molecule has 130 valence electrons. The topological polar surface area (TPSA) is 63.7 Å². The summed E-state index contributed by atoms with van der Waals surface area (Å²) in [5.74, 6) is -0.0519. The van der Waals surface area contributed by atoms with Crippen LogP contribution in [0, 0.1) is 0 Å². The molecule has 0 saturated carbocycles. The fraction of sp³-hybridized carbons (Fsp3) is 0.267. The number of carbonyl (C=O) groups is 1. The normalized spacial score (nSPS) is 11.7. The third-order valence-corrected chi connectivity index (χ3v) is 7.22. The minimum Gasteiger partial charge on any atom is -0.425 e. The smallest absolute Gasteiger partial charge is 0.311 e. The van der Waals surface area contributed by atoms with Crippen molar-refractivity contribution >= 4 is 54.9 Å². The van der Waals surface area contributed by atoms with Crippen LogP contribution in [0.2, 0.25) is 5.02 Å². The molecule has 0 atom stereocenters. The second-order valence-corrected chi connectivity index (χ2v) is 9.42. The first-order valence-corrected chi connectivity index (χ1v) is 10.5. The summed E-state index contributed by atoms with van der Waals surface area (Å²) in [5.41, 5.74) is 0. The summed E-state index contributed by atoms with van der Waals surface area (Å²) in [6.45, 7) is 0.233. The van der Waals surface area contributed by atoms with E-state index in [2.05, 4.69) is 15.9 Å². The molecule has 0 spiro atoms. The molecule has 1 heterocycles. The Morgan fingerprint density at radius 2 is 2.12 bits per heavy atom. The molecule has 5 nitrogen and oxygen atoms in total. The van der Waals surface area contributed by atoms with Gasteiger partial charge in [0.15, 0.2) is 0 Å². The standard InChI is InChI=1S/C15H15BrClNO4S2/c1-18(24(20,21)15-5-3-9-23-15)8-2-4-14(19)22-13-7-6-11(17)10-12(13)16/h3,5-7,9-10H,2,4,8H2,1H3. The number of ether oxygens (including phenoxy) is 1. The fourth-order valence-electron chi connectivity index (χ4n) is 1.86. The number of hydrogen-bond acceptors (Lipinski definition) is 5.